The van der Waals surface area contributed by atoms with E-state index in [0.717, 1.165) is 11.3 Å². The molecule has 0 atom stereocenters. The molecule has 0 aliphatic rings. The molecule has 0 radical (unpaired) electrons. The maximum atomic E-state index is 10.8. The van der Waals surface area contributed by atoms with Crippen LogP contribution in [0.5, 0.6) is 0 Å². The van der Waals surface area contributed by atoms with Crippen molar-refractivity contribution in [1.82, 2.24) is 14.6 Å². The van der Waals surface area contributed by atoms with E-state index in [4.69, 9.17) is 10.8 Å². The highest BCUT2D eigenvalue weighted by Gasteiger charge is 2.08. The first-order chi connectivity index (χ1) is 9.15. The largest absolute Gasteiger partial charge is 0.478 e. The molecule has 3 rings (SSSR count). The standard InChI is InChI=1S/C13H10N4O2/c14-13-15-11-3-1-2-10(17(11)16-13)8-4-6-9(7-5-8)12(18)19/h1-7H,(H2,14,16)(H,18,19). The Morgan fingerprint density at radius 3 is 2.58 bits per heavy atom. The highest BCUT2D eigenvalue weighted by molar-refractivity contribution is 5.88. The maximum absolute atomic E-state index is 10.8. The number of rotatable bonds is 2. The van der Waals surface area contributed by atoms with E-state index in [1.165, 1.54) is 0 Å². The van der Waals surface area contributed by atoms with Crippen molar-refractivity contribution in [2.24, 2.45) is 0 Å². The van der Waals surface area contributed by atoms with E-state index in [2.05, 4.69) is 10.1 Å². The molecule has 94 valence electrons. The number of benzene rings is 1. The molecule has 0 bridgehead atoms. The molecule has 0 aliphatic carbocycles. The Bertz CT molecular complexity index is 762. The van der Waals surface area contributed by atoms with Gasteiger partial charge in [0.15, 0.2) is 5.65 Å². The highest BCUT2D eigenvalue weighted by Crippen LogP contribution is 2.20. The number of hydrogen-bond donors (Lipinski definition) is 2. The number of hydrogen-bond acceptors (Lipinski definition) is 4. The van der Waals surface area contributed by atoms with Crippen LogP contribution in [0.15, 0.2) is 42.5 Å². The van der Waals surface area contributed by atoms with Crippen LogP contribution in [-0.4, -0.2) is 25.7 Å². The number of anilines is 1. The van der Waals surface area contributed by atoms with Gasteiger partial charge in [0.05, 0.1) is 11.3 Å². The molecule has 3 N–H and O–H groups in total. The summed E-state index contributed by atoms with van der Waals surface area (Å²) >= 11 is 0. The first kappa shape index (κ1) is 11.2. The molecule has 6 heteroatoms. The number of nitrogens with two attached hydrogens (primary N) is 1. The van der Waals surface area contributed by atoms with E-state index in [1.54, 1.807) is 34.8 Å². The zero-order valence-electron chi connectivity index (χ0n) is 9.82. The molecule has 3 aromatic rings. The van der Waals surface area contributed by atoms with Gasteiger partial charge in [0.1, 0.15) is 0 Å². The number of pyridine rings is 1. The maximum Gasteiger partial charge on any atom is 0.335 e. The number of carbonyl (C=O) groups is 1. The molecule has 2 heterocycles. The molecule has 0 saturated heterocycles. The third-order valence-electron chi connectivity index (χ3n) is 2.80. The Balaban J connectivity index is 2.15. The van der Waals surface area contributed by atoms with Crippen molar-refractivity contribution < 1.29 is 9.90 Å². The number of carboxylic acids is 1. The quantitative estimate of drug-likeness (QED) is 0.725. The third-order valence-corrected chi connectivity index (χ3v) is 2.80. The second kappa shape index (κ2) is 4.09. The lowest BCUT2D eigenvalue weighted by atomic mass is 10.1. The summed E-state index contributed by atoms with van der Waals surface area (Å²) in [4.78, 5) is 14.9. The number of nitrogens with zero attached hydrogens (tertiary/aromatic N) is 3. The van der Waals surface area contributed by atoms with Gasteiger partial charge in [0.2, 0.25) is 5.95 Å². The van der Waals surface area contributed by atoms with Gasteiger partial charge in [-0.1, -0.05) is 18.2 Å². The van der Waals surface area contributed by atoms with Crippen molar-refractivity contribution in [1.29, 1.82) is 0 Å². The topological polar surface area (TPSA) is 93.5 Å². The van der Waals surface area contributed by atoms with Gasteiger partial charge in [-0.3, -0.25) is 0 Å². The zero-order valence-corrected chi connectivity index (χ0v) is 9.82. The van der Waals surface area contributed by atoms with Crippen molar-refractivity contribution in [2.75, 3.05) is 5.73 Å². The number of carboxylic acid groups (broad SMARTS) is 1. The number of aromatic carboxylic acids is 1. The molecular formula is C13H10N4O2. The minimum absolute atomic E-state index is 0.203. The molecule has 6 nitrogen and oxygen atoms in total. The van der Waals surface area contributed by atoms with Gasteiger partial charge in [-0.05, 0) is 24.3 Å². The summed E-state index contributed by atoms with van der Waals surface area (Å²) in [6, 6.07) is 12.1. The van der Waals surface area contributed by atoms with Crippen LogP contribution in [0.1, 0.15) is 10.4 Å². The summed E-state index contributed by atoms with van der Waals surface area (Å²) in [5, 5.41) is 13.0. The predicted molar refractivity (Wildman–Crippen MR) is 69.8 cm³/mol. The summed E-state index contributed by atoms with van der Waals surface area (Å²) in [6.07, 6.45) is 0. The van der Waals surface area contributed by atoms with Gasteiger partial charge in [0, 0.05) is 5.56 Å². The van der Waals surface area contributed by atoms with Crippen molar-refractivity contribution in [3.05, 3.63) is 48.0 Å². The summed E-state index contributed by atoms with van der Waals surface area (Å²) in [5.74, 6) is -0.746. The molecule has 0 amide bonds. The minimum atomic E-state index is -0.949. The van der Waals surface area contributed by atoms with Gasteiger partial charge in [0.25, 0.3) is 0 Å². The summed E-state index contributed by atoms with van der Waals surface area (Å²) in [6.45, 7) is 0. The molecule has 0 unspecified atom stereocenters. The van der Waals surface area contributed by atoms with Crippen LogP contribution in [0.2, 0.25) is 0 Å². The molecule has 1 aromatic carbocycles. The molecule has 0 spiro atoms. The lowest BCUT2D eigenvalue weighted by Gasteiger charge is -2.04. The van der Waals surface area contributed by atoms with Gasteiger partial charge in [-0.2, -0.15) is 4.98 Å². The van der Waals surface area contributed by atoms with E-state index in [0.29, 0.717) is 5.65 Å². The first-order valence-corrected chi connectivity index (χ1v) is 5.60. The Hall–Kier alpha value is -2.89. The monoisotopic (exact) mass is 254 g/mol. The Labute approximate surface area is 108 Å². The van der Waals surface area contributed by atoms with Crippen molar-refractivity contribution in [3.8, 4) is 11.3 Å². The highest BCUT2D eigenvalue weighted by atomic mass is 16.4. The van der Waals surface area contributed by atoms with E-state index in [9.17, 15) is 4.79 Å². The fraction of sp³-hybridized carbons (Fsp3) is 0. The smallest absolute Gasteiger partial charge is 0.335 e. The summed E-state index contributed by atoms with van der Waals surface area (Å²) < 4.78 is 1.63. The van der Waals surface area contributed by atoms with Crippen LogP contribution < -0.4 is 5.73 Å². The van der Waals surface area contributed by atoms with Crippen molar-refractivity contribution in [2.45, 2.75) is 0 Å². The molecule has 0 aliphatic heterocycles. The molecular weight excluding hydrogens is 244 g/mol. The van der Waals surface area contributed by atoms with Crippen molar-refractivity contribution >= 4 is 17.6 Å². The normalized spacial score (nSPS) is 10.7. The summed E-state index contributed by atoms with van der Waals surface area (Å²) in [7, 11) is 0. The number of aromatic nitrogens is 3. The van der Waals surface area contributed by atoms with Gasteiger partial charge >= 0.3 is 5.97 Å². The van der Waals surface area contributed by atoms with Crippen LogP contribution in [-0.2, 0) is 0 Å². The van der Waals surface area contributed by atoms with E-state index >= 15 is 0 Å². The number of fused-ring (bicyclic) bond motifs is 1. The Morgan fingerprint density at radius 2 is 1.89 bits per heavy atom. The van der Waals surface area contributed by atoms with E-state index < -0.39 is 5.97 Å². The van der Waals surface area contributed by atoms with Crippen LogP contribution in [0.4, 0.5) is 5.95 Å². The number of nitrogen functional groups attached to an aromatic ring is 1. The Morgan fingerprint density at radius 1 is 1.16 bits per heavy atom. The van der Waals surface area contributed by atoms with Gasteiger partial charge < -0.3 is 10.8 Å². The second-order valence-corrected chi connectivity index (χ2v) is 4.03. The van der Waals surface area contributed by atoms with Gasteiger partial charge in [-0.15, -0.1) is 5.10 Å². The SMILES string of the molecule is Nc1nc2cccc(-c3ccc(C(=O)O)cc3)n2n1. The van der Waals surface area contributed by atoms with Crippen molar-refractivity contribution in [3.63, 3.8) is 0 Å². The average Bonchev–Trinajstić information content (AvgIpc) is 2.78. The average molecular weight is 254 g/mol. The lowest BCUT2D eigenvalue weighted by molar-refractivity contribution is 0.0697. The molecule has 0 saturated carbocycles. The second-order valence-electron chi connectivity index (χ2n) is 4.03. The van der Waals surface area contributed by atoms with Gasteiger partial charge in [-0.25, -0.2) is 9.31 Å². The van der Waals surface area contributed by atoms with Crippen LogP contribution in [0.3, 0.4) is 0 Å². The lowest BCUT2D eigenvalue weighted by Crippen LogP contribution is -1.97. The molecule has 0 fully saturated rings. The molecule has 19 heavy (non-hydrogen) atoms. The fourth-order valence-corrected chi connectivity index (χ4v) is 1.92. The fourth-order valence-electron chi connectivity index (χ4n) is 1.92. The third kappa shape index (κ3) is 1.89. The minimum Gasteiger partial charge on any atom is -0.478 e. The first-order valence-electron chi connectivity index (χ1n) is 5.60. The van der Waals surface area contributed by atoms with Crippen LogP contribution >= 0.6 is 0 Å². The summed E-state index contributed by atoms with van der Waals surface area (Å²) in [5.41, 5.74) is 8.13. The van der Waals surface area contributed by atoms with Crippen LogP contribution in [0, 0.1) is 0 Å². The van der Waals surface area contributed by atoms with E-state index in [-0.39, 0.29) is 11.5 Å². The Kier molecular flexibility index (Phi) is 2.42. The van der Waals surface area contributed by atoms with Crippen LogP contribution in [0.25, 0.3) is 16.9 Å². The molecule has 2 aromatic heterocycles. The van der Waals surface area contributed by atoms with E-state index in [1.807, 2.05) is 12.1 Å². The predicted octanol–water partition coefficient (Wildman–Crippen LogP) is 1.68. The zero-order chi connectivity index (χ0) is 13.4.